The summed E-state index contributed by atoms with van der Waals surface area (Å²) in [4.78, 5) is 14.3. The lowest BCUT2D eigenvalue weighted by molar-refractivity contribution is -0.141. The van der Waals surface area contributed by atoms with E-state index in [1.807, 2.05) is 4.90 Å². The van der Waals surface area contributed by atoms with E-state index in [4.69, 9.17) is 27.9 Å². The lowest BCUT2D eigenvalue weighted by Crippen LogP contribution is -2.47. The fourth-order valence-electron chi connectivity index (χ4n) is 2.47. The molecule has 110 valence electrons. The summed E-state index contributed by atoms with van der Waals surface area (Å²) >= 11 is 11.9. The Hall–Kier alpha value is -0.930. The van der Waals surface area contributed by atoms with Crippen molar-refractivity contribution in [2.24, 2.45) is 0 Å². The minimum atomic E-state index is -0.547. The van der Waals surface area contributed by atoms with Gasteiger partial charge in [-0.25, -0.2) is 0 Å². The zero-order chi connectivity index (χ0) is 14.7. The van der Waals surface area contributed by atoms with Crippen molar-refractivity contribution in [3.63, 3.8) is 0 Å². The quantitative estimate of drug-likeness (QED) is 0.838. The number of halogens is 2. The molecular formula is C15H19Cl2NO2. The third kappa shape index (κ3) is 3.58. The fourth-order valence-corrected chi connectivity index (χ4v) is 2.92. The second-order valence-corrected chi connectivity index (χ2v) is 6.05. The molecule has 1 amide bonds. The molecule has 1 fully saturated rings. The maximum atomic E-state index is 12.4. The predicted molar refractivity (Wildman–Crippen MR) is 81.6 cm³/mol. The van der Waals surface area contributed by atoms with Gasteiger partial charge in [-0.3, -0.25) is 4.79 Å². The van der Waals surface area contributed by atoms with Crippen molar-refractivity contribution in [2.45, 2.75) is 45.3 Å². The van der Waals surface area contributed by atoms with Crippen LogP contribution in [0.5, 0.6) is 5.75 Å². The van der Waals surface area contributed by atoms with E-state index in [-0.39, 0.29) is 11.9 Å². The molecule has 2 atom stereocenters. The van der Waals surface area contributed by atoms with Gasteiger partial charge in [0.1, 0.15) is 5.75 Å². The highest BCUT2D eigenvalue weighted by molar-refractivity contribution is 6.35. The average molecular weight is 316 g/mol. The van der Waals surface area contributed by atoms with Crippen LogP contribution >= 0.6 is 23.2 Å². The number of hydrogen-bond acceptors (Lipinski definition) is 2. The molecule has 1 aromatic rings. The van der Waals surface area contributed by atoms with Crippen molar-refractivity contribution >= 4 is 29.1 Å². The minimum Gasteiger partial charge on any atom is -0.479 e. The molecule has 0 spiro atoms. The van der Waals surface area contributed by atoms with Gasteiger partial charge in [-0.1, -0.05) is 23.2 Å². The highest BCUT2D eigenvalue weighted by atomic mass is 35.5. The molecule has 5 heteroatoms. The maximum Gasteiger partial charge on any atom is 0.263 e. The van der Waals surface area contributed by atoms with E-state index in [0.29, 0.717) is 15.8 Å². The maximum absolute atomic E-state index is 12.4. The van der Waals surface area contributed by atoms with E-state index in [0.717, 1.165) is 19.4 Å². The summed E-state index contributed by atoms with van der Waals surface area (Å²) in [5, 5.41) is 0.967. The number of carbonyl (C=O) groups is 1. The summed E-state index contributed by atoms with van der Waals surface area (Å²) in [5.74, 6) is 0.504. The van der Waals surface area contributed by atoms with Crippen LogP contribution in [0.3, 0.4) is 0 Å². The normalized spacial score (nSPS) is 20.6. The van der Waals surface area contributed by atoms with Crippen LogP contribution in [0, 0.1) is 0 Å². The molecule has 0 saturated carbocycles. The summed E-state index contributed by atoms with van der Waals surface area (Å²) in [6, 6.07) is 5.28. The molecule has 0 radical (unpaired) electrons. The number of nitrogens with zero attached hydrogens (tertiary/aromatic N) is 1. The van der Waals surface area contributed by atoms with E-state index >= 15 is 0 Å². The van der Waals surface area contributed by atoms with Crippen molar-refractivity contribution in [2.75, 3.05) is 6.54 Å². The highest BCUT2D eigenvalue weighted by Gasteiger charge is 2.28. The number of rotatable bonds is 3. The first-order valence-electron chi connectivity index (χ1n) is 6.91. The molecule has 1 saturated heterocycles. The number of piperidine rings is 1. The molecular weight excluding hydrogens is 297 g/mol. The van der Waals surface area contributed by atoms with E-state index in [2.05, 4.69) is 6.92 Å². The van der Waals surface area contributed by atoms with Gasteiger partial charge in [0.05, 0.1) is 5.02 Å². The van der Waals surface area contributed by atoms with Gasteiger partial charge in [-0.2, -0.15) is 0 Å². The molecule has 0 N–H and O–H groups in total. The van der Waals surface area contributed by atoms with Crippen LogP contribution in [0.25, 0.3) is 0 Å². The van der Waals surface area contributed by atoms with Crippen molar-refractivity contribution in [1.29, 1.82) is 0 Å². The Bertz CT molecular complexity index is 493. The summed E-state index contributed by atoms with van der Waals surface area (Å²) in [5.41, 5.74) is 0. The summed E-state index contributed by atoms with van der Waals surface area (Å²) < 4.78 is 5.68. The lowest BCUT2D eigenvalue weighted by Gasteiger charge is -2.35. The zero-order valence-corrected chi connectivity index (χ0v) is 13.2. The molecule has 3 nitrogen and oxygen atoms in total. The van der Waals surface area contributed by atoms with Gasteiger partial charge >= 0.3 is 0 Å². The van der Waals surface area contributed by atoms with Crippen LogP contribution in [0.4, 0.5) is 0 Å². The largest absolute Gasteiger partial charge is 0.479 e. The van der Waals surface area contributed by atoms with Gasteiger partial charge in [-0.15, -0.1) is 0 Å². The molecule has 0 aliphatic carbocycles. The van der Waals surface area contributed by atoms with E-state index < -0.39 is 6.10 Å². The topological polar surface area (TPSA) is 29.5 Å². The molecule has 2 unspecified atom stereocenters. The van der Waals surface area contributed by atoms with Crippen LogP contribution in [0.1, 0.15) is 33.1 Å². The molecule has 20 heavy (non-hydrogen) atoms. The Labute approximate surface area is 129 Å². The van der Waals surface area contributed by atoms with Gasteiger partial charge in [-0.05, 0) is 51.3 Å². The Balaban J connectivity index is 2.03. The summed E-state index contributed by atoms with van der Waals surface area (Å²) in [7, 11) is 0. The smallest absolute Gasteiger partial charge is 0.263 e. The first-order chi connectivity index (χ1) is 9.49. The number of carbonyl (C=O) groups excluding carboxylic acids is 1. The number of benzene rings is 1. The number of amides is 1. The first kappa shape index (κ1) is 15.5. The van der Waals surface area contributed by atoms with E-state index in [9.17, 15) is 4.79 Å². The molecule has 0 aromatic heterocycles. The van der Waals surface area contributed by atoms with E-state index in [1.165, 1.54) is 6.42 Å². The minimum absolute atomic E-state index is 0.0169. The SMILES string of the molecule is CC(Oc1ccc(Cl)cc1Cl)C(=O)N1CCCCC1C. The van der Waals surface area contributed by atoms with Gasteiger partial charge in [0.2, 0.25) is 0 Å². The third-order valence-electron chi connectivity index (χ3n) is 3.63. The first-order valence-corrected chi connectivity index (χ1v) is 7.67. The third-order valence-corrected chi connectivity index (χ3v) is 4.16. The monoisotopic (exact) mass is 315 g/mol. The van der Waals surface area contributed by atoms with Crippen LogP contribution < -0.4 is 4.74 Å². The summed E-state index contributed by atoms with van der Waals surface area (Å²) in [6.07, 6.45) is 2.75. The Kier molecular flexibility index (Phi) is 5.17. The zero-order valence-electron chi connectivity index (χ0n) is 11.7. The van der Waals surface area contributed by atoms with Crippen LogP contribution in [0.15, 0.2) is 18.2 Å². The second kappa shape index (κ2) is 6.68. The fraction of sp³-hybridized carbons (Fsp3) is 0.533. The Morgan fingerprint density at radius 3 is 2.80 bits per heavy atom. The molecule has 0 bridgehead atoms. The number of hydrogen-bond donors (Lipinski definition) is 0. The van der Waals surface area contributed by atoms with Gasteiger partial charge < -0.3 is 9.64 Å². The molecule has 1 aliphatic rings. The molecule has 1 aromatic carbocycles. The van der Waals surface area contributed by atoms with Crippen molar-refractivity contribution in [1.82, 2.24) is 4.90 Å². The van der Waals surface area contributed by atoms with Crippen LogP contribution in [-0.2, 0) is 4.79 Å². The number of ether oxygens (including phenoxy) is 1. The van der Waals surface area contributed by atoms with Crippen molar-refractivity contribution < 1.29 is 9.53 Å². The average Bonchev–Trinajstić information content (AvgIpc) is 2.41. The van der Waals surface area contributed by atoms with Gasteiger partial charge in [0, 0.05) is 17.6 Å². The standard InChI is InChI=1S/C15H19Cl2NO2/c1-10-5-3-4-8-18(10)15(19)11(2)20-14-7-6-12(16)9-13(14)17/h6-7,9-11H,3-5,8H2,1-2H3. The van der Waals surface area contributed by atoms with Crippen molar-refractivity contribution in [3.8, 4) is 5.75 Å². The van der Waals surface area contributed by atoms with E-state index in [1.54, 1.807) is 25.1 Å². The number of likely N-dealkylation sites (tertiary alicyclic amines) is 1. The second-order valence-electron chi connectivity index (χ2n) is 5.21. The van der Waals surface area contributed by atoms with Crippen LogP contribution in [0.2, 0.25) is 10.0 Å². The van der Waals surface area contributed by atoms with Crippen molar-refractivity contribution in [3.05, 3.63) is 28.2 Å². The van der Waals surface area contributed by atoms with Gasteiger partial charge in [0.15, 0.2) is 6.10 Å². The Morgan fingerprint density at radius 1 is 1.40 bits per heavy atom. The predicted octanol–water partition coefficient (Wildman–Crippen LogP) is 4.16. The summed E-state index contributed by atoms with van der Waals surface area (Å²) in [6.45, 7) is 4.65. The van der Waals surface area contributed by atoms with Crippen LogP contribution in [-0.4, -0.2) is 29.5 Å². The highest BCUT2D eigenvalue weighted by Crippen LogP contribution is 2.29. The molecule has 2 rings (SSSR count). The lowest BCUT2D eigenvalue weighted by atomic mass is 10.0. The molecule has 1 heterocycles. The van der Waals surface area contributed by atoms with Gasteiger partial charge in [0.25, 0.3) is 5.91 Å². The Morgan fingerprint density at radius 2 is 2.15 bits per heavy atom. The molecule has 1 aliphatic heterocycles.